The smallest absolute Gasteiger partial charge is 0.0563 e. The quantitative estimate of drug-likeness (QED) is 0.274. The Morgan fingerprint density at radius 2 is 1.08 bits per heavy atom. The van der Waals surface area contributed by atoms with E-state index in [1.54, 1.807) is 0 Å². The number of fused-ring (bicyclic) bond motifs is 2. The minimum absolute atomic E-state index is 0.751. The van der Waals surface area contributed by atoms with Gasteiger partial charge < -0.3 is 0 Å². The van der Waals surface area contributed by atoms with Crippen molar-refractivity contribution >= 4 is 63.5 Å². The Morgan fingerprint density at radius 1 is 0.720 bits per heavy atom. The fraction of sp³-hybridized carbons (Fsp3) is 1.00. The van der Waals surface area contributed by atoms with Crippen LogP contribution in [0.2, 0.25) is 24.2 Å². The van der Waals surface area contributed by atoms with Crippen LogP contribution in [0.5, 0.6) is 0 Å². The van der Waals surface area contributed by atoms with Crippen LogP contribution in [0.3, 0.4) is 0 Å². The monoisotopic (exact) mass is 524 g/mol. The Bertz CT molecular complexity index is 486. The molecule has 4 aliphatic rings. The molecule has 2 aliphatic heterocycles. The molecule has 12 atom stereocenters. The normalized spacial score (nSPS) is 58.6. The second-order valence-corrected chi connectivity index (χ2v) is 20.3. The molecule has 0 nitrogen and oxygen atoms in total. The Morgan fingerprint density at radius 3 is 1.44 bits per heavy atom. The van der Waals surface area contributed by atoms with E-state index >= 15 is 0 Å². The molecule has 12 unspecified atom stereocenters. The molecular weight excluding hydrogens is 492 g/mol. The Balaban J connectivity index is 1.63. The molecule has 0 amide bonds. The van der Waals surface area contributed by atoms with Gasteiger partial charge in [0.05, 0.1) is 8.07 Å². The highest BCUT2D eigenvalue weighted by Gasteiger charge is 2.62. The van der Waals surface area contributed by atoms with E-state index in [9.17, 15) is 0 Å². The number of thioether (sulfide) groups is 2. The van der Waals surface area contributed by atoms with Gasteiger partial charge in [0.1, 0.15) is 0 Å². The van der Waals surface area contributed by atoms with Crippen molar-refractivity contribution < 1.29 is 0 Å². The van der Waals surface area contributed by atoms with Gasteiger partial charge in [-0.25, -0.2) is 0 Å². The molecule has 4 rings (SSSR count). The molecular formula is C20H34Br2S2Si. The third-order valence-corrected chi connectivity index (χ3v) is 21.0. The van der Waals surface area contributed by atoms with Gasteiger partial charge in [0.15, 0.2) is 0 Å². The van der Waals surface area contributed by atoms with Gasteiger partial charge in [-0.05, 0) is 47.6 Å². The third kappa shape index (κ3) is 3.02. The molecule has 5 heteroatoms. The zero-order valence-electron chi connectivity index (χ0n) is 16.4. The average Bonchev–Trinajstić information content (AvgIpc) is 3.17. The summed E-state index contributed by atoms with van der Waals surface area (Å²) in [6.07, 6.45) is 2.94. The summed E-state index contributed by atoms with van der Waals surface area (Å²) in [6, 6.07) is 0. The molecule has 0 N–H and O–H groups in total. The van der Waals surface area contributed by atoms with Crippen LogP contribution in [-0.4, -0.2) is 38.7 Å². The van der Waals surface area contributed by atoms with E-state index in [1.165, 1.54) is 12.8 Å². The summed E-state index contributed by atoms with van der Waals surface area (Å²) in [5, 5.41) is 3.48. The van der Waals surface area contributed by atoms with Gasteiger partial charge in [0.2, 0.25) is 0 Å². The average molecular weight is 527 g/mol. The van der Waals surface area contributed by atoms with Gasteiger partial charge in [-0.2, -0.15) is 23.5 Å². The first-order chi connectivity index (χ1) is 11.6. The minimum Gasteiger partial charge on any atom is -0.154 e. The second kappa shape index (κ2) is 6.99. The van der Waals surface area contributed by atoms with Crippen molar-refractivity contribution in [2.45, 2.75) is 95.4 Å². The molecule has 0 radical (unpaired) electrons. The fourth-order valence-electron chi connectivity index (χ4n) is 7.47. The molecule has 0 bridgehead atoms. The van der Waals surface area contributed by atoms with Crippen molar-refractivity contribution in [1.82, 2.24) is 0 Å². The van der Waals surface area contributed by atoms with Gasteiger partial charge in [0, 0.05) is 30.7 Å². The molecule has 25 heavy (non-hydrogen) atoms. The molecule has 2 saturated carbocycles. The second-order valence-electron chi connectivity index (χ2n) is 10.1. The predicted molar refractivity (Wildman–Crippen MR) is 127 cm³/mol. The summed E-state index contributed by atoms with van der Waals surface area (Å²) in [5.74, 6) is 3.73. The first-order valence-corrected chi connectivity index (χ1v) is 17.1. The van der Waals surface area contributed by atoms with Gasteiger partial charge in [0.25, 0.3) is 0 Å². The largest absolute Gasteiger partial charge is 0.154 e. The van der Waals surface area contributed by atoms with Gasteiger partial charge in [-0.3, -0.25) is 0 Å². The van der Waals surface area contributed by atoms with Crippen LogP contribution in [0.25, 0.3) is 0 Å². The summed E-state index contributed by atoms with van der Waals surface area (Å²) in [6.45, 7) is 15.7. The van der Waals surface area contributed by atoms with E-state index in [4.69, 9.17) is 0 Å². The molecule has 4 fully saturated rings. The lowest BCUT2D eigenvalue weighted by Crippen LogP contribution is -2.47. The molecule has 2 aliphatic carbocycles. The van der Waals surface area contributed by atoms with Crippen LogP contribution >= 0.6 is 55.4 Å². The lowest BCUT2D eigenvalue weighted by atomic mass is 10.0. The van der Waals surface area contributed by atoms with Crippen molar-refractivity contribution in [2.24, 2.45) is 23.7 Å². The van der Waals surface area contributed by atoms with Crippen molar-refractivity contribution in [3.8, 4) is 0 Å². The van der Waals surface area contributed by atoms with Crippen molar-refractivity contribution in [1.29, 1.82) is 0 Å². The molecule has 2 saturated heterocycles. The number of rotatable bonds is 2. The maximum Gasteiger partial charge on any atom is 0.0563 e. The third-order valence-electron chi connectivity index (χ3n) is 8.24. The molecule has 144 valence electrons. The van der Waals surface area contributed by atoms with Crippen LogP contribution < -0.4 is 0 Å². The van der Waals surface area contributed by atoms with Crippen LogP contribution in [0.1, 0.15) is 40.5 Å². The molecule has 0 aromatic heterocycles. The molecule has 0 spiro atoms. The summed E-state index contributed by atoms with van der Waals surface area (Å²) < 4.78 is 0. The first kappa shape index (κ1) is 20.2. The van der Waals surface area contributed by atoms with Crippen molar-refractivity contribution in [2.75, 3.05) is 0 Å². The summed E-state index contributed by atoms with van der Waals surface area (Å²) in [7, 11) is -1.34. The Kier molecular flexibility index (Phi) is 5.63. The lowest BCUT2D eigenvalue weighted by molar-refractivity contribution is 0.508. The van der Waals surface area contributed by atoms with Gasteiger partial charge >= 0.3 is 0 Å². The zero-order chi connectivity index (χ0) is 18.3. The lowest BCUT2D eigenvalue weighted by Gasteiger charge is -2.45. The van der Waals surface area contributed by atoms with Gasteiger partial charge in [-0.1, -0.05) is 72.6 Å². The van der Waals surface area contributed by atoms with Crippen LogP contribution in [0.15, 0.2) is 0 Å². The highest BCUT2D eigenvalue weighted by molar-refractivity contribution is 9.10. The maximum absolute atomic E-state index is 4.07. The van der Waals surface area contributed by atoms with E-state index in [-0.39, 0.29) is 0 Å². The van der Waals surface area contributed by atoms with E-state index in [1.807, 2.05) is 0 Å². The number of hydrogen-bond donors (Lipinski definition) is 0. The highest BCUT2D eigenvalue weighted by atomic mass is 79.9. The zero-order valence-corrected chi connectivity index (χ0v) is 22.2. The van der Waals surface area contributed by atoms with Crippen molar-refractivity contribution in [3.63, 3.8) is 0 Å². The Labute approximate surface area is 181 Å². The molecule has 0 aromatic carbocycles. The summed E-state index contributed by atoms with van der Waals surface area (Å²) >= 11 is 12.8. The topological polar surface area (TPSA) is 0 Å². The number of hydrogen-bond acceptors (Lipinski definition) is 2. The summed E-state index contributed by atoms with van der Waals surface area (Å²) in [4.78, 5) is 1.50. The molecule has 0 aromatic rings. The van der Waals surface area contributed by atoms with Crippen molar-refractivity contribution in [3.05, 3.63) is 0 Å². The maximum atomic E-state index is 4.07. The first-order valence-electron chi connectivity index (χ1n) is 10.2. The van der Waals surface area contributed by atoms with Crippen LogP contribution in [-0.2, 0) is 0 Å². The predicted octanol–water partition coefficient (Wildman–Crippen LogP) is 7.28. The van der Waals surface area contributed by atoms with E-state index < -0.39 is 8.07 Å². The molecule has 2 heterocycles. The highest BCUT2D eigenvalue weighted by Crippen LogP contribution is 2.67. The van der Waals surface area contributed by atoms with Gasteiger partial charge in [-0.15, -0.1) is 0 Å². The fourth-order valence-corrected chi connectivity index (χ4v) is 21.7. The SMILES string of the molecule is CC1CC2C(Br)C(C)SC2C1[Si](C)(C)C1C(C)CC2C(Br)C(C)SC21. The minimum atomic E-state index is -1.34. The summed E-state index contributed by atoms with van der Waals surface area (Å²) in [5.41, 5.74) is 2.04. The standard InChI is InChI=1S/C20H34Br2S2Si/c1-9-7-13-15(21)11(3)23-17(13)19(9)25(5,6)20-10(2)8-14-16(22)12(4)24-18(14)20/h9-20H,7-8H2,1-6H3. The van der Waals surface area contributed by atoms with E-state index in [0.29, 0.717) is 0 Å². The number of alkyl halides is 2. The number of halogens is 2. The van der Waals surface area contributed by atoms with E-state index in [2.05, 4.69) is 96.2 Å². The Hall–Kier alpha value is 1.88. The van der Waals surface area contributed by atoms with Crippen LogP contribution in [0.4, 0.5) is 0 Å². The van der Waals surface area contributed by atoms with Crippen LogP contribution in [0, 0.1) is 23.7 Å². The van der Waals surface area contributed by atoms with E-state index in [0.717, 1.165) is 65.4 Å².